The second-order valence-electron chi connectivity index (χ2n) is 6.36. The number of hydrogen-bond donors (Lipinski definition) is 0. The molecule has 0 N–H and O–H groups in total. The third-order valence-corrected chi connectivity index (χ3v) is 4.83. The van der Waals surface area contributed by atoms with Crippen LogP contribution in [0.2, 0.25) is 0 Å². The number of rotatable bonds is 3. The van der Waals surface area contributed by atoms with Crippen LogP contribution in [-0.4, -0.2) is 11.9 Å². The molecule has 0 unspecified atom stereocenters. The molecule has 20 heavy (non-hydrogen) atoms. The van der Waals surface area contributed by atoms with Gasteiger partial charge in [-0.15, -0.1) is 0 Å². The van der Waals surface area contributed by atoms with Crippen molar-refractivity contribution in [2.24, 2.45) is 5.41 Å². The largest absolute Gasteiger partial charge is 0.373 e. The summed E-state index contributed by atoms with van der Waals surface area (Å²) in [6, 6.07) is 10.3. The monoisotopic (exact) mass is 270 g/mol. The molecule has 1 aromatic carbocycles. The number of carbonyl (C=O) groups is 1. The molecule has 0 bridgehead atoms. The molecule has 0 saturated heterocycles. The van der Waals surface area contributed by atoms with Gasteiger partial charge in [0.2, 0.25) is 0 Å². The van der Waals surface area contributed by atoms with Crippen LogP contribution < -0.4 is 0 Å². The minimum absolute atomic E-state index is 0.251. The zero-order chi connectivity index (χ0) is 14.0. The molecule has 1 saturated carbocycles. The zero-order valence-corrected chi connectivity index (χ0v) is 12.1. The third kappa shape index (κ3) is 2.85. The standard InChI is InChI=1S/C18H22O2/c1-18-9-7-16(19)11-15(18)12-17(8-10-18)20-13-14-5-3-2-4-6-14/h2-6,11,17H,7-10,12-13H2,1H3/t17-,18+/m1/s1. The fraction of sp³-hybridized carbons (Fsp3) is 0.500. The van der Waals surface area contributed by atoms with E-state index in [1.165, 1.54) is 11.1 Å². The van der Waals surface area contributed by atoms with E-state index in [2.05, 4.69) is 19.1 Å². The number of ketones is 1. The topological polar surface area (TPSA) is 26.3 Å². The average Bonchev–Trinajstić information content (AvgIpc) is 2.47. The van der Waals surface area contributed by atoms with Gasteiger partial charge in [-0.2, -0.15) is 0 Å². The molecule has 1 aromatic rings. The molecule has 0 aromatic heterocycles. The van der Waals surface area contributed by atoms with Crippen LogP contribution in [0, 0.1) is 5.41 Å². The van der Waals surface area contributed by atoms with E-state index in [9.17, 15) is 4.79 Å². The van der Waals surface area contributed by atoms with Crippen molar-refractivity contribution in [1.82, 2.24) is 0 Å². The molecule has 2 nitrogen and oxygen atoms in total. The van der Waals surface area contributed by atoms with Crippen molar-refractivity contribution in [2.75, 3.05) is 0 Å². The average molecular weight is 270 g/mol. The van der Waals surface area contributed by atoms with E-state index in [4.69, 9.17) is 4.74 Å². The maximum Gasteiger partial charge on any atom is 0.155 e. The van der Waals surface area contributed by atoms with E-state index < -0.39 is 0 Å². The van der Waals surface area contributed by atoms with E-state index in [-0.39, 0.29) is 11.5 Å². The van der Waals surface area contributed by atoms with Crippen molar-refractivity contribution in [3.63, 3.8) is 0 Å². The maximum absolute atomic E-state index is 11.6. The summed E-state index contributed by atoms with van der Waals surface area (Å²) in [4.78, 5) is 11.6. The van der Waals surface area contributed by atoms with Crippen LogP contribution in [0.1, 0.15) is 44.6 Å². The lowest BCUT2D eigenvalue weighted by atomic mass is 9.65. The first-order chi connectivity index (χ1) is 9.66. The molecule has 0 aliphatic heterocycles. The number of benzene rings is 1. The Morgan fingerprint density at radius 1 is 1.25 bits per heavy atom. The molecule has 2 aliphatic carbocycles. The van der Waals surface area contributed by atoms with Gasteiger partial charge < -0.3 is 4.74 Å². The van der Waals surface area contributed by atoms with Crippen LogP contribution in [0.5, 0.6) is 0 Å². The van der Waals surface area contributed by atoms with E-state index in [0.29, 0.717) is 12.4 Å². The minimum atomic E-state index is 0.251. The van der Waals surface area contributed by atoms with Gasteiger partial charge in [0.25, 0.3) is 0 Å². The molecule has 106 valence electrons. The van der Waals surface area contributed by atoms with Crippen molar-refractivity contribution < 1.29 is 9.53 Å². The summed E-state index contributed by atoms with van der Waals surface area (Å²) in [5, 5.41) is 0. The van der Waals surface area contributed by atoms with E-state index in [0.717, 1.165) is 32.1 Å². The molecular weight excluding hydrogens is 248 g/mol. The van der Waals surface area contributed by atoms with Crippen LogP contribution in [-0.2, 0) is 16.1 Å². The number of fused-ring (bicyclic) bond motifs is 1. The predicted octanol–water partition coefficient (Wildman–Crippen LogP) is 4.05. The molecule has 2 heteroatoms. The lowest BCUT2D eigenvalue weighted by Crippen LogP contribution is -2.34. The van der Waals surface area contributed by atoms with Gasteiger partial charge in [-0.05, 0) is 42.7 Å². The van der Waals surface area contributed by atoms with Crippen LogP contribution >= 0.6 is 0 Å². The van der Waals surface area contributed by atoms with Gasteiger partial charge >= 0.3 is 0 Å². The summed E-state index contributed by atoms with van der Waals surface area (Å²) >= 11 is 0. The Labute approximate surface area is 120 Å². The molecule has 2 atom stereocenters. The number of allylic oxidation sites excluding steroid dienone is 1. The predicted molar refractivity (Wildman–Crippen MR) is 79.3 cm³/mol. The van der Waals surface area contributed by atoms with Gasteiger partial charge in [-0.25, -0.2) is 0 Å². The minimum Gasteiger partial charge on any atom is -0.373 e. The van der Waals surface area contributed by atoms with E-state index in [1.54, 1.807) is 0 Å². The SMILES string of the molecule is C[C@@]12CCC(=O)C=C1C[C@H](OCc1ccccc1)CC2. The second-order valence-corrected chi connectivity index (χ2v) is 6.36. The van der Waals surface area contributed by atoms with Crippen LogP contribution in [0.3, 0.4) is 0 Å². The second kappa shape index (κ2) is 5.53. The highest BCUT2D eigenvalue weighted by Crippen LogP contribution is 2.47. The van der Waals surface area contributed by atoms with Gasteiger partial charge in [0, 0.05) is 6.42 Å². The van der Waals surface area contributed by atoms with Gasteiger partial charge in [0.15, 0.2) is 5.78 Å². The van der Waals surface area contributed by atoms with Crippen molar-refractivity contribution in [3.8, 4) is 0 Å². The zero-order valence-electron chi connectivity index (χ0n) is 12.1. The highest BCUT2D eigenvalue weighted by atomic mass is 16.5. The highest BCUT2D eigenvalue weighted by Gasteiger charge is 2.38. The van der Waals surface area contributed by atoms with Crippen molar-refractivity contribution >= 4 is 5.78 Å². The van der Waals surface area contributed by atoms with Crippen molar-refractivity contribution in [1.29, 1.82) is 0 Å². The summed E-state index contributed by atoms with van der Waals surface area (Å²) in [5.41, 5.74) is 2.79. The van der Waals surface area contributed by atoms with Crippen molar-refractivity contribution in [2.45, 2.75) is 51.7 Å². The van der Waals surface area contributed by atoms with Gasteiger partial charge in [0.05, 0.1) is 12.7 Å². The number of ether oxygens (including phenoxy) is 1. The summed E-state index contributed by atoms with van der Waals surface area (Å²) in [6.45, 7) is 2.97. The summed E-state index contributed by atoms with van der Waals surface area (Å²) < 4.78 is 6.05. The molecule has 0 radical (unpaired) electrons. The summed E-state index contributed by atoms with van der Waals surface area (Å²) in [5.74, 6) is 0.293. The Bertz CT molecular complexity index is 517. The van der Waals surface area contributed by atoms with Gasteiger partial charge in [-0.3, -0.25) is 4.79 Å². The maximum atomic E-state index is 11.6. The molecule has 0 heterocycles. The van der Waals surface area contributed by atoms with Crippen molar-refractivity contribution in [3.05, 3.63) is 47.5 Å². The van der Waals surface area contributed by atoms with Gasteiger partial charge in [0.1, 0.15) is 0 Å². The Morgan fingerprint density at radius 2 is 2.05 bits per heavy atom. The van der Waals surface area contributed by atoms with Crippen LogP contribution in [0.15, 0.2) is 42.0 Å². The lowest BCUT2D eigenvalue weighted by Gasteiger charge is -2.41. The quantitative estimate of drug-likeness (QED) is 0.828. The molecule has 1 fully saturated rings. The summed E-state index contributed by atoms with van der Waals surface area (Å²) in [7, 11) is 0. The first kappa shape index (κ1) is 13.6. The van der Waals surface area contributed by atoms with E-state index >= 15 is 0 Å². The molecule has 0 amide bonds. The molecule has 0 spiro atoms. The van der Waals surface area contributed by atoms with Gasteiger partial charge in [-0.1, -0.05) is 42.8 Å². The molecule has 2 aliphatic rings. The summed E-state index contributed by atoms with van der Waals surface area (Å²) in [6.07, 6.45) is 7.07. The fourth-order valence-electron chi connectivity index (χ4n) is 3.35. The fourth-order valence-corrected chi connectivity index (χ4v) is 3.35. The van der Waals surface area contributed by atoms with Crippen LogP contribution in [0.25, 0.3) is 0 Å². The smallest absolute Gasteiger partial charge is 0.155 e. The Hall–Kier alpha value is -1.41. The Morgan fingerprint density at radius 3 is 2.85 bits per heavy atom. The van der Waals surface area contributed by atoms with Crippen LogP contribution in [0.4, 0.5) is 0 Å². The normalized spacial score (nSPS) is 29.8. The Kier molecular flexibility index (Phi) is 3.75. The first-order valence-corrected chi connectivity index (χ1v) is 7.55. The third-order valence-electron chi connectivity index (χ3n) is 4.83. The number of carbonyl (C=O) groups excluding carboxylic acids is 1. The highest BCUT2D eigenvalue weighted by molar-refractivity contribution is 5.91. The van der Waals surface area contributed by atoms with E-state index in [1.807, 2.05) is 24.3 Å². The molecular formula is C18H22O2. The lowest BCUT2D eigenvalue weighted by molar-refractivity contribution is -0.116. The number of hydrogen-bond acceptors (Lipinski definition) is 2. The Balaban J connectivity index is 1.62. The first-order valence-electron chi connectivity index (χ1n) is 7.55. The molecule has 3 rings (SSSR count).